The summed E-state index contributed by atoms with van der Waals surface area (Å²) >= 11 is 7.61. The lowest BCUT2D eigenvalue weighted by atomic mass is 10.1. The van der Waals surface area contributed by atoms with Crippen molar-refractivity contribution >= 4 is 46.0 Å². The van der Waals surface area contributed by atoms with Gasteiger partial charge in [0.05, 0.1) is 5.57 Å². The lowest BCUT2D eigenvalue weighted by Crippen LogP contribution is -2.34. The number of rotatable bonds is 6. The van der Waals surface area contributed by atoms with Gasteiger partial charge in [-0.25, -0.2) is 4.39 Å². The summed E-state index contributed by atoms with van der Waals surface area (Å²) in [4.78, 5) is 28.2. The third kappa shape index (κ3) is 4.01. The van der Waals surface area contributed by atoms with Gasteiger partial charge in [-0.3, -0.25) is 14.5 Å². The van der Waals surface area contributed by atoms with E-state index in [1.165, 1.54) is 28.4 Å². The van der Waals surface area contributed by atoms with Gasteiger partial charge < -0.3 is 5.32 Å². The monoisotopic (exact) mass is 440 g/mol. The molecular formula is C23H18ClFN2O2S. The van der Waals surface area contributed by atoms with Gasteiger partial charge in [-0.1, -0.05) is 35.9 Å². The van der Waals surface area contributed by atoms with E-state index in [0.29, 0.717) is 22.7 Å². The van der Waals surface area contributed by atoms with Crippen LogP contribution in [0.4, 0.5) is 10.1 Å². The molecule has 0 atom stereocenters. The van der Waals surface area contributed by atoms with Crippen LogP contribution in [0, 0.1) is 12.7 Å². The minimum absolute atomic E-state index is 0.206. The fraction of sp³-hybridized carbons (Fsp3) is 0.130. The topological polar surface area (TPSA) is 49.4 Å². The minimum Gasteiger partial charge on any atom is -0.350 e. The number of halogens is 2. The Bertz CT molecular complexity index is 1140. The molecule has 2 heterocycles. The molecule has 4 nitrogen and oxygen atoms in total. The molecule has 0 spiro atoms. The second kappa shape index (κ2) is 8.42. The highest BCUT2D eigenvalue weighted by Crippen LogP contribution is 2.33. The first-order valence-electron chi connectivity index (χ1n) is 9.36. The molecule has 3 aromatic rings. The van der Waals surface area contributed by atoms with Gasteiger partial charge in [0.15, 0.2) is 0 Å². The first kappa shape index (κ1) is 20.3. The van der Waals surface area contributed by atoms with Gasteiger partial charge in [-0.05, 0) is 60.2 Å². The van der Waals surface area contributed by atoms with E-state index in [2.05, 4.69) is 5.32 Å². The van der Waals surface area contributed by atoms with Gasteiger partial charge in [0.25, 0.3) is 11.8 Å². The van der Waals surface area contributed by atoms with E-state index in [4.69, 9.17) is 11.6 Å². The van der Waals surface area contributed by atoms with Gasteiger partial charge in [0.1, 0.15) is 11.5 Å². The van der Waals surface area contributed by atoms with Crippen LogP contribution in [0.25, 0.3) is 5.57 Å². The summed E-state index contributed by atoms with van der Waals surface area (Å²) in [5.74, 6) is -1.05. The number of benzene rings is 2. The molecule has 1 N–H and O–H groups in total. The molecule has 0 aliphatic carbocycles. The number of thiophene rings is 1. The zero-order chi connectivity index (χ0) is 21.3. The van der Waals surface area contributed by atoms with Gasteiger partial charge in [-0.2, -0.15) is 0 Å². The van der Waals surface area contributed by atoms with Crippen LogP contribution in [0.2, 0.25) is 5.02 Å². The summed E-state index contributed by atoms with van der Waals surface area (Å²) in [6, 6.07) is 15.1. The SMILES string of the molecule is Cc1ccc(NC2=C(c3cccs3)C(=O)N(CCc3ccc(F)cc3)C2=O)cc1Cl. The maximum atomic E-state index is 13.1. The highest BCUT2D eigenvalue weighted by molar-refractivity contribution is 7.11. The lowest BCUT2D eigenvalue weighted by Gasteiger charge is -2.15. The predicted octanol–water partition coefficient (Wildman–Crippen LogP) is 5.28. The molecule has 1 aliphatic heterocycles. The average Bonchev–Trinajstić information content (AvgIpc) is 3.32. The fourth-order valence-corrected chi connectivity index (χ4v) is 4.20. The van der Waals surface area contributed by atoms with Crippen LogP contribution in [-0.4, -0.2) is 23.3 Å². The minimum atomic E-state index is -0.387. The molecule has 1 aromatic heterocycles. The third-order valence-corrected chi connectivity index (χ3v) is 6.21. The molecule has 2 amide bonds. The zero-order valence-electron chi connectivity index (χ0n) is 16.1. The van der Waals surface area contributed by atoms with E-state index in [0.717, 1.165) is 16.0 Å². The van der Waals surface area contributed by atoms with E-state index in [1.54, 1.807) is 18.2 Å². The van der Waals surface area contributed by atoms with E-state index in [1.807, 2.05) is 36.6 Å². The van der Waals surface area contributed by atoms with E-state index >= 15 is 0 Å². The number of imide groups is 1. The number of hydrogen-bond acceptors (Lipinski definition) is 4. The van der Waals surface area contributed by atoms with E-state index in [9.17, 15) is 14.0 Å². The summed E-state index contributed by atoms with van der Waals surface area (Å²) in [6.07, 6.45) is 0.444. The van der Waals surface area contributed by atoms with Crippen LogP contribution in [0.3, 0.4) is 0 Å². The summed E-state index contributed by atoms with van der Waals surface area (Å²) in [5, 5.41) is 5.54. The summed E-state index contributed by atoms with van der Waals surface area (Å²) in [7, 11) is 0. The highest BCUT2D eigenvalue weighted by atomic mass is 35.5. The molecular weight excluding hydrogens is 423 g/mol. The second-order valence-electron chi connectivity index (χ2n) is 6.95. The van der Waals surface area contributed by atoms with Crippen LogP contribution >= 0.6 is 22.9 Å². The van der Waals surface area contributed by atoms with E-state index in [-0.39, 0.29) is 29.9 Å². The predicted molar refractivity (Wildman–Crippen MR) is 118 cm³/mol. The van der Waals surface area contributed by atoms with Gasteiger partial charge in [0, 0.05) is 22.1 Å². The number of aryl methyl sites for hydroxylation is 1. The van der Waals surface area contributed by atoms with E-state index < -0.39 is 0 Å². The molecule has 0 fully saturated rings. The van der Waals surface area contributed by atoms with Crippen LogP contribution in [0.15, 0.2) is 65.7 Å². The molecule has 0 saturated heterocycles. The van der Waals surface area contributed by atoms with Crippen LogP contribution < -0.4 is 5.32 Å². The number of amides is 2. The first-order valence-corrected chi connectivity index (χ1v) is 10.6. The number of hydrogen-bond donors (Lipinski definition) is 1. The third-order valence-electron chi connectivity index (χ3n) is 4.91. The Morgan fingerprint density at radius 2 is 1.83 bits per heavy atom. The zero-order valence-corrected chi connectivity index (χ0v) is 17.7. The number of anilines is 1. The van der Waals surface area contributed by atoms with Gasteiger partial charge in [0.2, 0.25) is 0 Å². The van der Waals surface area contributed by atoms with Crippen molar-refractivity contribution in [1.82, 2.24) is 4.90 Å². The standard InChI is InChI=1S/C23H18ClFN2O2S/c1-14-4-9-17(13-18(14)24)26-21-20(19-3-2-12-30-19)22(28)27(23(21)29)11-10-15-5-7-16(25)8-6-15/h2-9,12-13,26H,10-11H2,1H3. The molecule has 1 aliphatic rings. The molecule has 0 radical (unpaired) electrons. The highest BCUT2D eigenvalue weighted by Gasteiger charge is 2.39. The quantitative estimate of drug-likeness (QED) is 0.530. The number of nitrogens with one attached hydrogen (secondary N) is 1. The molecule has 2 aromatic carbocycles. The van der Waals surface area contributed by atoms with Crippen molar-refractivity contribution in [2.75, 3.05) is 11.9 Å². The van der Waals surface area contributed by atoms with Crippen molar-refractivity contribution in [2.45, 2.75) is 13.3 Å². The van der Waals surface area contributed by atoms with Crippen molar-refractivity contribution in [3.05, 3.63) is 92.5 Å². The fourth-order valence-electron chi connectivity index (χ4n) is 3.25. The Hall–Kier alpha value is -2.96. The van der Waals surface area contributed by atoms with Crippen LogP contribution in [-0.2, 0) is 16.0 Å². The van der Waals surface area contributed by atoms with Gasteiger partial charge in [-0.15, -0.1) is 11.3 Å². The van der Waals surface area contributed by atoms with Crippen molar-refractivity contribution in [2.24, 2.45) is 0 Å². The average molecular weight is 441 g/mol. The molecule has 152 valence electrons. The molecule has 30 heavy (non-hydrogen) atoms. The Morgan fingerprint density at radius 3 is 2.50 bits per heavy atom. The normalized spacial score (nSPS) is 14.0. The van der Waals surface area contributed by atoms with Gasteiger partial charge >= 0.3 is 0 Å². The van der Waals surface area contributed by atoms with Crippen LogP contribution in [0.5, 0.6) is 0 Å². The molecule has 0 saturated carbocycles. The Balaban J connectivity index is 1.62. The smallest absolute Gasteiger partial charge is 0.278 e. The maximum absolute atomic E-state index is 13.1. The molecule has 0 unspecified atom stereocenters. The number of carbonyl (C=O) groups excluding carboxylic acids is 2. The Kier molecular flexibility index (Phi) is 5.70. The Labute approximate surface area is 182 Å². The summed E-state index contributed by atoms with van der Waals surface area (Å²) < 4.78 is 13.1. The maximum Gasteiger partial charge on any atom is 0.278 e. The molecule has 7 heteroatoms. The molecule has 0 bridgehead atoms. The first-order chi connectivity index (χ1) is 14.4. The molecule has 4 rings (SSSR count). The summed E-state index contributed by atoms with van der Waals surface area (Å²) in [6.45, 7) is 2.10. The van der Waals surface area contributed by atoms with Crippen molar-refractivity contribution in [3.8, 4) is 0 Å². The van der Waals surface area contributed by atoms with Crippen molar-refractivity contribution in [1.29, 1.82) is 0 Å². The van der Waals surface area contributed by atoms with Crippen molar-refractivity contribution < 1.29 is 14.0 Å². The van der Waals surface area contributed by atoms with Crippen LogP contribution in [0.1, 0.15) is 16.0 Å². The lowest BCUT2D eigenvalue weighted by molar-refractivity contribution is -0.136. The second-order valence-corrected chi connectivity index (χ2v) is 8.31. The largest absolute Gasteiger partial charge is 0.350 e. The number of nitrogens with zero attached hydrogens (tertiary/aromatic N) is 1. The Morgan fingerprint density at radius 1 is 1.07 bits per heavy atom. The van der Waals surface area contributed by atoms with Crippen molar-refractivity contribution in [3.63, 3.8) is 0 Å². The summed E-state index contributed by atoms with van der Waals surface area (Å²) in [5.41, 5.74) is 2.99. The number of carbonyl (C=O) groups is 2.